The molecular weight excluding hydrogens is 348 g/mol. The topological polar surface area (TPSA) is 64.4 Å². The summed E-state index contributed by atoms with van der Waals surface area (Å²) < 4.78 is 21.7. The molecule has 0 bridgehead atoms. The first-order valence-corrected chi connectivity index (χ1v) is 8.69. The number of ether oxygens (including phenoxy) is 3. The van der Waals surface area contributed by atoms with Crippen molar-refractivity contribution in [1.82, 2.24) is 9.80 Å². The van der Waals surface area contributed by atoms with Crippen LogP contribution in [-0.2, 0) is 6.54 Å². The second-order valence-electron chi connectivity index (χ2n) is 6.46. The van der Waals surface area contributed by atoms with Crippen molar-refractivity contribution < 1.29 is 23.4 Å². The third kappa shape index (κ3) is 5.17. The Kier molecular flexibility index (Phi) is 7.12. The summed E-state index contributed by atoms with van der Waals surface area (Å²) in [6, 6.07) is 7.11. The van der Waals surface area contributed by atoms with Gasteiger partial charge in [-0.2, -0.15) is 0 Å². The van der Waals surface area contributed by atoms with Crippen LogP contribution in [0.15, 0.2) is 28.7 Å². The van der Waals surface area contributed by atoms with Crippen molar-refractivity contribution in [2.24, 2.45) is 0 Å². The summed E-state index contributed by atoms with van der Waals surface area (Å²) in [5.41, 5.74) is 0.464. The number of benzene rings is 1. The van der Waals surface area contributed by atoms with Gasteiger partial charge in [-0.05, 0) is 45.3 Å². The van der Waals surface area contributed by atoms with Gasteiger partial charge in [-0.1, -0.05) is 0 Å². The molecule has 1 heterocycles. The molecule has 148 valence electrons. The van der Waals surface area contributed by atoms with E-state index < -0.39 is 0 Å². The quantitative estimate of drug-likeness (QED) is 0.671. The number of methoxy groups -OCH3 is 3. The number of likely N-dealkylation sites (N-methyl/N-ethyl adjacent to an activating group) is 1. The molecule has 2 rings (SSSR count). The first-order chi connectivity index (χ1) is 12.9. The molecule has 0 fully saturated rings. The number of rotatable bonds is 9. The summed E-state index contributed by atoms with van der Waals surface area (Å²) >= 11 is 0. The highest BCUT2D eigenvalue weighted by Crippen LogP contribution is 2.38. The Labute approximate surface area is 160 Å². The zero-order valence-corrected chi connectivity index (χ0v) is 16.9. The lowest BCUT2D eigenvalue weighted by molar-refractivity contribution is 0.0718. The van der Waals surface area contributed by atoms with Gasteiger partial charge in [0.05, 0.1) is 27.9 Å². The predicted molar refractivity (Wildman–Crippen MR) is 103 cm³/mol. The third-order valence-corrected chi connectivity index (χ3v) is 4.16. The minimum atomic E-state index is -0.134. The lowest BCUT2D eigenvalue weighted by atomic mass is 10.1. The number of hydrogen-bond acceptors (Lipinski definition) is 6. The molecule has 0 radical (unpaired) electrons. The zero-order valence-electron chi connectivity index (χ0n) is 16.9. The van der Waals surface area contributed by atoms with Crippen LogP contribution in [-0.4, -0.2) is 64.2 Å². The summed E-state index contributed by atoms with van der Waals surface area (Å²) in [6.07, 6.45) is 0. The van der Waals surface area contributed by atoms with Gasteiger partial charge in [-0.3, -0.25) is 4.79 Å². The van der Waals surface area contributed by atoms with Crippen LogP contribution in [0.2, 0.25) is 0 Å². The Morgan fingerprint density at radius 2 is 1.63 bits per heavy atom. The number of carbonyl (C=O) groups excluding carboxylic acids is 1. The van der Waals surface area contributed by atoms with Crippen LogP contribution in [0.25, 0.3) is 0 Å². The average molecular weight is 376 g/mol. The van der Waals surface area contributed by atoms with Crippen molar-refractivity contribution in [3.8, 4) is 17.2 Å². The Morgan fingerprint density at radius 1 is 1.00 bits per heavy atom. The molecule has 0 atom stereocenters. The van der Waals surface area contributed by atoms with E-state index in [1.54, 1.807) is 17.0 Å². The summed E-state index contributed by atoms with van der Waals surface area (Å²) in [5, 5.41) is 0. The van der Waals surface area contributed by atoms with E-state index in [1.165, 1.54) is 21.3 Å². The summed E-state index contributed by atoms with van der Waals surface area (Å²) in [7, 11) is 8.53. The van der Waals surface area contributed by atoms with Crippen molar-refractivity contribution in [2.75, 3.05) is 48.5 Å². The predicted octanol–water partition coefficient (Wildman–Crippen LogP) is 2.82. The van der Waals surface area contributed by atoms with E-state index in [4.69, 9.17) is 18.6 Å². The van der Waals surface area contributed by atoms with Gasteiger partial charge in [0.15, 0.2) is 11.5 Å². The van der Waals surface area contributed by atoms with Gasteiger partial charge in [-0.25, -0.2) is 0 Å². The van der Waals surface area contributed by atoms with Gasteiger partial charge in [0.1, 0.15) is 11.5 Å². The molecule has 1 aromatic heterocycles. The van der Waals surface area contributed by atoms with Crippen molar-refractivity contribution in [3.63, 3.8) is 0 Å². The van der Waals surface area contributed by atoms with Crippen molar-refractivity contribution >= 4 is 5.91 Å². The molecule has 7 nitrogen and oxygen atoms in total. The fourth-order valence-corrected chi connectivity index (χ4v) is 2.72. The Hall–Kier alpha value is -2.67. The molecule has 0 saturated carbocycles. The summed E-state index contributed by atoms with van der Waals surface area (Å²) in [6.45, 7) is 3.56. The number of carbonyl (C=O) groups is 1. The second kappa shape index (κ2) is 9.32. The van der Waals surface area contributed by atoms with Crippen LogP contribution in [0.5, 0.6) is 17.2 Å². The first-order valence-electron chi connectivity index (χ1n) is 8.69. The highest BCUT2D eigenvalue weighted by molar-refractivity contribution is 5.95. The zero-order chi connectivity index (χ0) is 20.0. The van der Waals surface area contributed by atoms with Gasteiger partial charge < -0.3 is 28.4 Å². The van der Waals surface area contributed by atoms with Crippen molar-refractivity contribution in [1.29, 1.82) is 0 Å². The summed E-state index contributed by atoms with van der Waals surface area (Å²) in [4.78, 5) is 17.0. The van der Waals surface area contributed by atoms with E-state index in [9.17, 15) is 4.79 Å². The Bertz CT molecular complexity index is 744. The second-order valence-corrected chi connectivity index (χ2v) is 6.46. The Morgan fingerprint density at radius 3 is 2.07 bits per heavy atom. The van der Waals surface area contributed by atoms with E-state index in [1.807, 2.05) is 38.1 Å². The molecule has 2 aromatic rings. The standard InChI is InChI=1S/C20H28N2O5/c1-14-7-8-16(27-14)13-22(10-9-21(2)3)20(23)15-11-17(24-4)19(26-6)18(12-15)25-5/h7-8,11-12H,9-10,13H2,1-6H3. The molecule has 27 heavy (non-hydrogen) atoms. The largest absolute Gasteiger partial charge is 0.493 e. The molecule has 1 amide bonds. The minimum absolute atomic E-state index is 0.134. The number of nitrogens with zero attached hydrogens (tertiary/aromatic N) is 2. The fourth-order valence-electron chi connectivity index (χ4n) is 2.72. The molecule has 1 aromatic carbocycles. The number of furan rings is 1. The van der Waals surface area contributed by atoms with Crippen LogP contribution in [0, 0.1) is 6.92 Å². The van der Waals surface area contributed by atoms with Gasteiger partial charge in [0.25, 0.3) is 5.91 Å². The monoisotopic (exact) mass is 376 g/mol. The van der Waals surface area contributed by atoms with E-state index in [0.717, 1.165) is 18.1 Å². The molecule has 0 spiro atoms. The lowest BCUT2D eigenvalue weighted by Gasteiger charge is -2.24. The van der Waals surface area contributed by atoms with Crippen LogP contribution < -0.4 is 14.2 Å². The van der Waals surface area contributed by atoms with E-state index in [2.05, 4.69) is 0 Å². The van der Waals surface area contributed by atoms with Gasteiger partial charge in [0, 0.05) is 18.7 Å². The minimum Gasteiger partial charge on any atom is -0.493 e. The number of hydrogen-bond donors (Lipinski definition) is 0. The van der Waals surface area contributed by atoms with Crippen molar-refractivity contribution in [3.05, 3.63) is 41.3 Å². The number of amides is 1. The van der Waals surface area contributed by atoms with Gasteiger partial charge in [-0.15, -0.1) is 0 Å². The first kappa shape index (κ1) is 20.6. The van der Waals surface area contributed by atoms with Crippen LogP contribution >= 0.6 is 0 Å². The molecule has 0 aliphatic carbocycles. The van der Waals surface area contributed by atoms with E-state index in [0.29, 0.717) is 35.9 Å². The SMILES string of the molecule is COc1cc(C(=O)N(CCN(C)C)Cc2ccc(C)o2)cc(OC)c1OC. The normalized spacial score (nSPS) is 10.8. The Balaban J connectivity index is 2.35. The maximum atomic E-state index is 13.2. The molecular formula is C20H28N2O5. The van der Waals surface area contributed by atoms with Crippen molar-refractivity contribution in [2.45, 2.75) is 13.5 Å². The fraction of sp³-hybridized carbons (Fsp3) is 0.450. The van der Waals surface area contributed by atoms with Crippen LogP contribution in [0.4, 0.5) is 0 Å². The maximum absolute atomic E-state index is 13.2. The molecule has 0 saturated heterocycles. The molecule has 0 aliphatic heterocycles. The van der Waals surface area contributed by atoms with E-state index in [-0.39, 0.29) is 5.91 Å². The molecule has 7 heteroatoms. The van der Waals surface area contributed by atoms with E-state index >= 15 is 0 Å². The smallest absolute Gasteiger partial charge is 0.254 e. The van der Waals surface area contributed by atoms with Crippen LogP contribution in [0.3, 0.4) is 0 Å². The molecule has 0 N–H and O–H groups in total. The molecule has 0 unspecified atom stereocenters. The lowest BCUT2D eigenvalue weighted by Crippen LogP contribution is -2.36. The average Bonchev–Trinajstić information content (AvgIpc) is 3.07. The summed E-state index contributed by atoms with van der Waals surface area (Å²) in [5.74, 6) is 2.77. The van der Waals surface area contributed by atoms with Gasteiger partial charge >= 0.3 is 0 Å². The maximum Gasteiger partial charge on any atom is 0.254 e. The highest BCUT2D eigenvalue weighted by atomic mass is 16.5. The van der Waals surface area contributed by atoms with Gasteiger partial charge in [0.2, 0.25) is 5.75 Å². The van der Waals surface area contributed by atoms with Crippen LogP contribution in [0.1, 0.15) is 21.9 Å². The third-order valence-electron chi connectivity index (χ3n) is 4.16. The highest BCUT2D eigenvalue weighted by Gasteiger charge is 2.22. The number of aryl methyl sites for hydroxylation is 1. The molecule has 0 aliphatic rings.